The molecule has 1 aliphatic heterocycles. The van der Waals surface area contributed by atoms with Gasteiger partial charge in [0.05, 0.1) is 13.2 Å². The van der Waals surface area contributed by atoms with Crippen LogP contribution in [0, 0.1) is 5.82 Å². The molecule has 1 fully saturated rings. The molecule has 1 heterocycles. The van der Waals surface area contributed by atoms with Gasteiger partial charge in [-0.05, 0) is 29.8 Å². The van der Waals surface area contributed by atoms with Gasteiger partial charge in [0, 0.05) is 5.69 Å². The number of hydrogen-bond donors (Lipinski definition) is 1. The average Bonchev–Trinajstić information content (AvgIpc) is 2.41. The summed E-state index contributed by atoms with van der Waals surface area (Å²) in [6, 6.07) is 15.3. The molecule has 0 unspecified atom stereocenters. The van der Waals surface area contributed by atoms with Gasteiger partial charge in [0.2, 0.25) is 5.91 Å². The van der Waals surface area contributed by atoms with Crippen LogP contribution in [0.15, 0.2) is 54.6 Å². The molecule has 0 bridgehead atoms. The van der Waals surface area contributed by atoms with Gasteiger partial charge in [-0.3, -0.25) is 4.79 Å². The fourth-order valence-corrected chi connectivity index (χ4v) is 2.28. The average molecular weight is 271 g/mol. The molecule has 3 nitrogen and oxygen atoms in total. The Kier molecular flexibility index (Phi) is 3.24. The molecule has 102 valence electrons. The van der Waals surface area contributed by atoms with E-state index in [1.165, 1.54) is 12.1 Å². The van der Waals surface area contributed by atoms with Crippen molar-refractivity contribution in [3.05, 3.63) is 66.0 Å². The summed E-state index contributed by atoms with van der Waals surface area (Å²) in [7, 11) is 0. The third-order valence-corrected chi connectivity index (χ3v) is 3.56. The van der Waals surface area contributed by atoms with Crippen LogP contribution in [0.25, 0.3) is 0 Å². The van der Waals surface area contributed by atoms with E-state index in [9.17, 15) is 9.18 Å². The number of benzene rings is 2. The van der Waals surface area contributed by atoms with Crippen LogP contribution in [-0.4, -0.2) is 19.1 Å². The Morgan fingerprint density at radius 1 is 1.05 bits per heavy atom. The highest BCUT2D eigenvalue weighted by molar-refractivity contribution is 6.00. The topological polar surface area (TPSA) is 38.3 Å². The first-order chi connectivity index (χ1) is 9.71. The third kappa shape index (κ3) is 2.18. The molecule has 1 N–H and O–H groups in total. The minimum atomic E-state index is -0.643. The molecule has 1 amide bonds. The van der Waals surface area contributed by atoms with Gasteiger partial charge in [-0.1, -0.05) is 30.3 Å². The summed E-state index contributed by atoms with van der Waals surface area (Å²) in [4.78, 5) is 12.5. The summed E-state index contributed by atoms with van der Waals surface area (Å²) in [5.74, 6) is -0.450. The van der Waals surface area contributed by atoms with Crippen molar-refractivity contribution in [1.29, 1.82) is 0 Å². The van der Waals surface area contributed by atoms with Crippen LogP contribution in [-0.2, 0) is 14.9 Å². The number of halogens is 1. The molecular weight excluding hydrogens is 257 g/mol. The van der Waals surface area contributed by atoms with Gasteiger partial charge in [-0.25, -0.2) is 4.39 Å². The van der Waals surface area contributed by atoms with Crippen molar-refractivity contribution in [1.82, 2.24) is 0 Å². The van der Waals surface area contributed by atoms with Crippen LogP contribution in [0.2, 0.25) is 0 Å². The second-order valence-corrected chi connectivity index (χ2v) is 4.90. The van der Waals surface area contributed by atoms with E-state index in [2.05, 4.69) is 5.32 Å². The van der Waals surface area contributed by atoms with Crippen molar-refractivity contribution in [3.63, 3.8) is 0 Å². The smallest absolute Gasteiger partial charge is 0.239 e. The molecule has 0 saturated carbocycles. The molecule has 0 aliphatic carbocycles. The molecule has 2 aromatic rings. The summed E-state index contributed by atoms with van der Waals surface area (Å²) < 4.78 is 18.1. The van der Waals surface area contributed by atoms with Gasteiger partial charge in [-0.15, -0.1) is 0 Å². The maximum atomic E-state index is 12.9. The number of hydrogen-bond acceptors (Lipinski definition) is 2. The standard InChI is InChI=1S/C16H14FNO2/c17-13-6-8-14(9-7-13)18-15(19)16(10-20-11-16)12-4-2-1-3-5-12/h1-9H,10-11H2,(H,18,19). The van der Waals surface area contributed by atoms with E-state index in [0.29, 0.717) is 18.9 Å². The van der Waals surface area contributed by atoms with E-state index in [-0.39, 0.29) is 11.7 Å². The molecule has 0 spiro atoms. The van der Waals surface area contributed by atoms with Gasteiger partial charge in [0.1, 0.15) is 11.2 Å². The van der Waals surface area contributed by atoms with Crippen LogP contribution >= 0.6 is 0 Å². The highest BCUT2D eigenvalue weighted by Crippen LogP contribution is 2.33. The predicted octanol–water partition coefficient (Wildman–Crippen LogP) is 2.73. The highest BCUT2D eigenvalue weighted by atomic mass is 19.1. The fourth-order valence-electron chi connectivity index (χ4n) is 2.28. The molecule has 0 atom stereocenters. The molecule has 3 rings (SSSR count). The van der Waals surface area contributed by atoms with Crippen molar-refractivity contribution in [2.24, 2.45) is 0 Å². The number of carbonyl (C=O) groups is 1. The Morgan fingerprint density at radius 2 is 1.70 bits per heavy atom. The van der Waals surface area contributed by atoms with Crippen LogP contribution in [0.1, 0.15) is 5.56 Å². The van der Waals surface area contributed by atoms with Crippen LogP contribution < -0.4 is 5.32 Å². The second kappa shape index (κ2) is 5.06. The van der Waals surface area contributed by atoms with Crippen molar-refractivity contribution in [2.45, 2.75) is 5.41 Å². The Balaban J connectivity index is 1.83. The minimum absolute atomic E-state index is 0.124. The predicted molar refractivity (Wildman–Crippen MR) is 74.0 cm³/mol. The monoisotopic (exact) mass is 271 g/mol. The van der Waals surface area contributed by atoms with E-state index in [4.69, 9.17) is 4.74 Å². The first-order valence-corrected chi connectivity index (χ1v) is 6.41. The lowest BCUT2D eigenvalue weighted by atomic mass is 9.77. The minimum Gasteiger partial charge on any atom is -0.378 e. The molecule has 0 aromatic heterocycles. The van der Waals surface area contributed by atoms with Crippen molar-refractivity contribution >= 4 is 11.6 Å². The van der Waals surface area contributed by atoms with Gasteiger partial charge >= 0.3 is 0 Å². The zero-order valence-corrected chi connectivity index (χ0v) is 10.8. The number of anilines is 1. The molecule has 4 heteroatoms. The van der Waals surface area contributed by atoms with Crippen LogP contribution in [0.5, 0.6) is 0 Å². The Hall–Kier alpha value is -2.20. The normalized spacial score (nSPS) is 16.2. The fraction of sp³-hybridized carbons (Fsp3) is 0.188. The SMILES string of the molecule is O=C(Nc1ccc(F)cc1)C1(c2ccccc2)COC1. The van der Waals surface area contributed by atoms with Crippen molar-refractivity contribution in [3.8, 4) is 0 Å². The first kappa shape index (κ1) is 12.8. The van der Waals surface area contributed by atoms with Crippen molar-refractivity contribution in [2.75, 3.05) is 18.5 Å². The maximum Gasteiger partial charge on any atom is 0.239 e. The molecule has 2 aromatic carbocycles. The molecular formula is C16H14FNO2. The van der Waals surface area contributed by atoms with Gasteiger partial charge < -0.3 is 10.1 Å². The van der Waals surface area contributed by atoms with Gasteiger partial charge in [-0.2, -0.15) is 0 Å². The van der Waals surface area contributed by atoms with Crippen molar-refractivity contribution < 1.29 is 13.9 Å². The van der Waals surface area contributed by atoms with Gasteiger partial charge in [0.25, 0.3) is 0 Å². The summed E-state index contributed by atoms with van der Waals surface area (Å²) in [5.41, 5.74) is 0.875. The maximum absolute atomic E-state index is 12.9. The molecule has 1 aliphatic rings. The number of carbonyl (C=O) groups excluding carboxylic acids is 1. The summed E-state index contributed by atoms with van der Waals surface area (Å²) >= 11 is 0. The lowest BCUT2D eigenvalue weighted by molar-refractivity contribution is -0.139. The second-order valence-electron chi connectivity index (χ2n) is 4.90. The first-order valence-electron chi connectivity index (χ1n) is 6.41. The lowest BCUT2D eigenvalue weighted by Gasteiger charge is -2.40. The third-order valence-electron chi connectivity index (χ3n) is 3.56. The van der Waals surface area contributed by atoms with E-state index < -0.39 is 5.41 Å². The quantitative estimate of drug-likeness (QED) is 0.932. The van der Waals surface area contributed by atoms with E-state index >= 15 is 0 Å². The summed E-state index contributed by atoms with van der Waals surface area (Å²) in [5, 5.41) is 2.82. The zero-order chi connectivity index (χ0) is 14.0. The number of nitrogens with one attached hydrogen (secondary N) is 1. The Bertz CT molecular complexity index is 606. The summed E-state index contributed by atoms with van der Waals surface area (Å²) in [6.45, 7) is 0.730. The zero-order valence-electron chi connectivity index (χ0n) is 10.8. The van der Waals surface area contributed by atoms with E-state index in [0.717, 1.165) is 5.56 Å². The largest absolute Gasteiger partial charge is 0.378 e. The van der Waals surface area contributed by atoms with Crippen LogP contribution in [0.4, 0.5) is 10.1 Å². The van der Waals surface area contributed by atoms with E-state index in [1.54, 1.807) is 12.1 Å². The lowest BCUT2D eigenvalue weighted by Crippen LogP contribution is -2.55. The molecule has 0 radical (unpaired) electrons. The number of amides is 1. The van der Waals surface area contributed by atoms with Gasteiger partial charge in [0.15, 0.2) is 0 Å². The Labute approximate surface area is 116 Å². The highest BCUT2D eigenvalue weighted by Gasteiger charge is 2.47. The van der Waals surface area contributed by atoms with E-state index in [1.807, 2.05) is 30.3 Å². The Morgan fingerprint density at radius 3 is 2.25 bits per heavy atom. The molecule has 20 heavy (non-hydrogen) atoms. The number of rotatable bonds is 3. The van der Waals surface area contributed by atoms with Crippen LogP contribution in [0.3, 0.4) is 0 Å². The number of ether oxygens (including phenoxy) is 1. The molecule has 1 saturated heterocycles. The summed E-state index contributed by atoms with van der Waals surface area (Å²) in [6.07, 6.45) is 0.